The van der Waals surface area contributed by atoms with Crippen LogP contribution in [0.3, 0.4) is 0 Å². The van der Waals surface area contributed by atoms with E-state index in [1.54, 1.807) is 0 Å². The van der Waals surface area contributed by atoms with Gasteiger partial charge in [0.2, 0.25) is 3.79 Å². The molecule has 1 amide bonds. The van der Waals surface area contributed by atoms with E-state index in [-0.39, 0.29) is 12.1 Å². The standard InChI is InChI=1S/C13H18Cl3NO2/c14-13(15,16)7-19-11(18)17-12-4-8-1-9(5-12)3-10(2-8)6-12/h8-10H,1-7H2,(H,17,18). The van der Waals surface area contributed by atoms with Gasteiger partial charge in [-0.15, -0.1) is 0 Å². The second-order valence-electron chi connectivity index (χ2n) is 6.51. The third kappa shape index (κ3) is 3.25. The number of halogens is 3. The average Bonchev–Trinajstić information content (AvgIpc) is 2.22. The molecule has 0 heterocycles. The number of hydrogen-bond donors (Lipinski definition) is 1. The summed E-state index contributed by atoms with van der Waals surface area (Å²) >= 11 is 16.7. The molecule has 19 heavy (non-hydrogen) atoms. The SMILES string of the molecule is O=C(NC12CC3CC(CC(C3)C1)C2)OCC(Cl)(Cl)Cl. The lowest BCUT2D eigenvalue weighted by Gasteiger charge is -2.56. The van der Waals surface area contributed by atoms with Crippen molar-refractivity contribution >= 4 is 40.9 Å². The van der Waals surface area contributed by atoms with Crippen LogP contribution >= 0.6 is 34.8 Å². The lowest BCUT2D eigenvalue weighted by molar-refractivity contribution is -0.0189. The van der Waals surface area contributed by atoms with Gasteiger partial charge in [-0.2, -0.15) is 0 Å². The van der Waals surface area contributed by atoms with E-state index in [0.717, 1.165) is 37.0 Å². The van der Waals surface area contributed by atoms with E-state index in [4.69, 9.17) is 39.5 Å². The minimum Gasteiger partial charge on any atom is -0.445 e. The zero-order valence-electron chi connectivity index (χ0n) is 10.6. The molecule has 0 saturated heterocycles. The normalized spacial score (nSPS) is 40.3. The van der Waals surface area contributed by atoms with Crippen molar-refractivity contribution in [2.24, 2.45) is 17.8 Å². The Labute approximate surface area is 128 Å². The first kappa shape index (κ1) is 14.1. The van der Waals surface area contributed by atoms with Crippen LogP contribution in [0.5, 0.6) is 0 Å². The Kier molecular flexibility index (Phi) is 3.60. The summed E-state index contributed by atoms with van der Waals surface area (Å²) in [5.74, 6) is 2.33. The quantitative estimate of drug-likeness (QED) is 0.777. The molecule has 0 unspecified atom stereocenters. The molecule has 0 atom stereocenters. The predicted octanol–water partition coefficient (Wildman–Crippen LogP) is 4.05. The van der Waals surface area contributed by atoms with Gasteiger partial charge in [-0.1, -0.05) is 34.8 Å². The summed E-state index contributed by atoms with van der Waals surface area (Å²) in [6.45, 7) is -0.212. The molecule has 4 aliphatic carbocycles. The first-order valence-corrected chi connectivity index (χ1v) is 7.99. The topological polar surface area (TPSA) is 38.3 Å². The Hall–Kier alpha value is 0.140. The molecule has 0 aromatic heterocycles. The highest BCUT2D eigenvalue weighted by Crippen LogP contribution is 2.55. The first-order chi connectivity index (χ1) is 8.84. The van der Waals surface area contributed by atoms with Gasteiger partial charge in [0.25, 0.3) is 0 Å². The van der Waals surface area contributed by atoms with Gasteiger partial charge in [-0.05, 0) is 56.3 Å². The van der Waals surface area contributed by atoms with Crippen molar-refractivity contribution in [3.05, 3.63) is 0 Å². The molecule has 4 bridgehead atoms. The molecule has 108 valence electrons. The van der Waals surface area contributed by atoms with E-state index in [1.807, 2.05) is 0 Å². The molecule has 6 heteroatoms. The van der Waals surface area contributed by atoms with Gasteiger partial charge in [-0.3, -0.25) is 0 Å². The number of amides is 1. The second kappa shape index (κ2) is 4.85. The van der Waals surface area contributed by atoms with E-state index in [9.17, 15) is 4.79 Å². The zero-order chi connectivity index (χ0) is 13.7. The summed E-state index contributed by atoms with van der Waals surface area (Å²) in [6, 6.07) is 0. The molecule has 4 fully saturated rings. The maximum Gasteiger partial charge on any atom is 0.407 e. The Balaban J connectivity index is 1.59. The second-order valence-corrected chi connectivity index (χ2v) is 9.03. The highest BCUT2D eigenvalue weighted by molar-refractivity contribution is 6.67. The summed E-state index contributed by atoms with van der Waals surface area (Å²) < 4.78 is 3.46. The summed E-state index contributed by atoms with van der Waals surface area (Å²) in [4.78, 5) is 11.9. The number of ether oxygens (including phenoxy) is 1. The highest BCUT2D eigenvalue weighted by atomic mass is 35.6. The average molecular weight is 327 g/mol. The van der Waals surface area contributed by atoms with E-state index in [0.29, 0.717) is 0 Å². The molecule has 0 aromatic carbocycles. The predicted molar refractivity (Wildman–Crippen MR) is 75.7 cm³/mol. The molecular formula is C13H18Cl3NO2. The van der Waals surface area contributed by atoms with Crippen molar-refractivity contribution < 1.29 is 9.53 Å². The van der Waals surface area contributed by atoms with Crippen LogP contribution in [0.2, 0.25) is 0 Å². The molecule has 0 aliphatic heterocycles. The Morgan fingerprint density at radius 3 is 2.00 bits per heavy atom. The monoisotopic (exact) mass is 325 g/mol. The molecule has 4 saturated carbocycles. The molecule has 3 nitrogen and oxygen atoms in total. The van der Waals surface area contributed by atoms with Gasteiger partial charge >= 0.3 is 6.09 Å². The largest absolute Gasteiger partial charge is 0.445 e. The number of alkyl carbamates (subject to hydrolysis) is 1. The van der Waals surface area contributed by atoms with Crippen LogP contribution in [0.1, 0.15) is 38.5 Å². The number of nitrogens with one attached hydrogen (secondary N) is 1. The van der Waals surface area contributed by atoms with Gasteiger partial charge in [0.1, 0.15) is 6.61 Å². The van der Waals surface area contributed by atoms with Gasteiger partial charge in [0.05, 0.1) is 0 Å². The van der Waals surface area contributed by atoms with Crippen LogP contribution in [-0.4, -0.2) is 22.0 Å². The van der Waals surface area contributed by atoms with Crippen LogP contribution < -0.4 is 5.32 Å². The number of alkyl halides is 3. The summed E-state index contributed by atoms with van der Waals surface area (Å²) in [5.41, 5.74) is -0.0561. The Bertz CT molecular complexity index is 345. The fourth-order valence-electron chi connectivity index (χ4n) is 4.66. The van der Waals surface area contributed by atoms with Crippen LogP contribution in [0.4, 0.5) is 4.79 Å². The maximum absolute atomic E-state index is 11.9. The Morgan fingerprint density at radius 1 is 1.11 bits per heavy atom. The number of carbonyl (C=O) groups is 1. The molecule has 4 rings (SSSR count). The summed E-state index contributed by atoms with van der Waals surface area (Å²) in [7, 11) is 0. The van der Waals surface area contributed by atoms with E-state index in [1.165, 1.54) is 19.3 Å². The smallest absolute Gasteiger partial charge is 0.407 e. The third-order valence-corrected chi connectivity index (χ3v) is 5.10. The van der Waals surface area contributed by atoms with Gasteiger partial charge < -0.3 is 10.1 Å². The number of rotatable bonds is 2. The van der Waals surface area contributed by atoms with Crippen LogP contribution in [-0.2, 0) is 4.74 Å². The molecule has 1 N–H and O–H groups in total. The van der Waals surface area contributed by atoms with Gasteiger partial charge in [-0.25, -0.2) is 4.79 Å². The summed E-state index contributed by atoms with van der Waals surface area (Å²) in [5, 5.41) is 3.06. The summed E-state index contributed by atoms with van der Waals surface area (Å²) in [6.07, 6.45) is 6.82. The van der Waals surface area contributed by atoms with Crippen molar-refractivity contribution in [1.29, 1.82) is 0 Å². The van der Waals surface area contributed by atoms with Crippen molar-refractivity contribution in [2.45, 2.75) is 47.9 Å². The fourth-order valence-corrected chi connectivity index (χ4v) is 4.83. The Morgan fingerprint density at radius 2 is 1.58 bits per heavy atom. The molecule has 0 aromatic rings. The van der Waals surface area contributed by atoms with Crippen LogP contribution in [0.15, 0.2) is 0 Å². The van der Waals surface area contributed by atoms with Crippen molar-refractivity contribution in [1.82, 2.24) is 5.32 Å². The van der Waals surface area contributed by atoms with Gasteiger partial charge in [0, 0.05) is 5.54 Å². The van der Waals surface area contributed by atoms with Crippen molar-refractivity contribution in [2.75, 3.05) is 6.61 Å². The molecule has 0 radical (unpaired) electrons. The first-order valence-electron chi connectivity index (χ1n) is 6.85. The molecular weight excluding hydrogens is 309 g/mol. The van der Waals surface area contributed by atoms with Gasteiger partial charge in [0.15, 0.2) is 0 Å². The fraction of sp³-hybridized carbons (Fsp3) is 0.923. The molecule has 0 spiro atoms. The van der Waals surface area contributed by atoms with E-state index in [2.05, 4.69) is 5.32 Å². The van der Waals surface area contributed by atoms with Crippen LogP contribution in [0.25, 0.3) is 0 Å². The lowest BCUT2D eigenvalue weighted by Crippen LogP contribution is -2.60. The van der Waals surface area contributed by atoms with E-state index >= 15 is 0 Å². The van der Waals surface area contributed by atoms with Crippen molar-refractivity contribution in [3.8, 4) is 0 Å². The number of carbonyl (C=O) groups excluding carboxylic acids is 1. The highest BCUT2D eigenvalue weighted by Gasteiger charge is 2.51. The van der Waals surface area contributed by atoms with E-state index < -0.39 is 9.89 Å². The third-order valence-electron chi connectivity index (χ3n) is 4.77. The minimum absolute atomic E-state index is 0.0561. The number of hydrogen-bond acceptors (Lipinski definition) is 2. The van der Waals surface area contributed by atoms with Crippen LogP contribution in [0, 0.1) is 17.8 Å². The lowest BCUT2D eigenvalue weighted by atomic mass is 9.53. The maximum atomic E-state index is 11.9. The zero-order valence-corrected chi connectivity index (χ0v) is 12.9. The van der Waals surface area contributed by atoms with Crippen molar-refractivity contribution in [3.63, 3.8) is 0 Å². The molecule has 4 aliphatic rings. The minimum atomic E-state index is -1.54.